The third-order valence-corrected chi connectivity index (χ3v) is 3.58. The Hall–Kier alpha value is -3.01. The highest BCUT2D eigenvalue weighted by Crippen LogP contribution is 2.23. The van der Waals surface area contributed by atoms with Gasteiger partial charge < -0.3 is 15.4 Å². The third kappa shape index (κ3) is 3.61. The number of carbonyl (C=O) groups excluding carboxylic acids is 1. The first-order valence-corrected chi connectivity index (χ1v) is 7.42. The second kappa shape index (κ2) is 6.83. The number of fused-ring (bicyclic) bond motifs is 1. The van der Waals surface area contributed by atoms with Gasteiger partial charge in [-0.2, -0.15) is 0 Å². The Morgan fingerprint density at radius 1 is 0.957 bits per heavy atom. The summed E-state index contributed by atoms with van der Waals surface area (Å²) < 4.78 is 5.25. The van der Waals surface area contributed by atoms with Crippen LogP contribution in [0.5, 0.6) is 5.75 Å². The molecule has 0 saturated carbocycles. The number of anilines is 2. The summed E-state index contributed by atoms with van der Waals surface area (Å²) in [5.41, 5.74) is 1.58. The van der Waals surface area contributed by atoms with Gasteiger partial charge in [0.15, 0.2) is 0 Å². The van der Waals surface area contributed by atoms with Crippen LogP contribution in [0.15, 0.2) is 66.7 Å². The van der Waals surface area contributed by atoms with E-state index < -0.39 is 0 Å². The smallest absolute Gasteiger partial charge is 0.243 e. The average molecular weight is 306 g/mol. The van der Waals surface area contributed by atoms with Crippen LogP contribution in [0.4, 0.5) is 11.4 Å². The number of hydrogen-bond acceptors (Lipinski definition) is 3. The van der Waals surface area contributed by atoms with Crippen molar-refractivity contribution in [2.45, 2.75) is 0 Å². The van der Waals surface area contributed by atoms with Crippen molar-refractivity contribution in [3.05, 3.63) is 66.7 Å². The van der Waals surface area contributed by atoms with Crippen LogP contribution in [0.2, 0.25) is 0 Å². The molecular formula is C19H18N2O2. The monoisotopic (exact) mass is 306 g/mol. The van der Waals surface area contributed by atoms with Crippen LogP contribution >= 0.6 is 0 Å². The first-order chi connectivity index (χ1) is 11.3. The molecule has 0 spiro atoms. The number of methoxy groups -OCH3 is 1. The van der Waals surface area contributed by atoms with Crippen molar-refractivity contribution in [1.29, 1.82) is 0 Å². The lowest BCUT2D eigenvalue weighted by Crippen LogP contribution is -2.21. The molecule has 4 heteroatoms. The molecule has 1 amide bonds. The minimum absolute atomic E-state index is 0.105. The zero-order valence-corrected chi connectivity index (χ0v) is 12.9. The maximum absolute atomic E-state index is 12.1. The van der Waals surface area contributed by atoms with Crippen LogP contribution in [0.3, 0.4) is 0 Å². The quantitative estimate of drug-likeness (QED) is 0.751. The van der Waals surface area contributed by atoms with E-state index in [1.165, 1.54) is 0 Å². The molecule has 0 unspecified atom stereocenters. The number of amides is 1. The highest BCUT2D eigenvalue weighted by Gasteiger charge is 2.05. The molecule has 0 aliphatic heterocycles. The second-order valence-corrected chi connectivity index (χ2v) is 5.16. The molecule has 0 heterocycles. The maximum atomic E-state index is 12.1. The zero-order chi connectivity index (χ0) is 16.1. The molecule has 3 aromatic carbocycles. The van der Waals surface area contributed by atoms with Gasteiger partial charge in [-0.05, 0) is 35.0 Å². The molecule has 0 saturated heterocycles. The van der Waals surface area contributed by atoms with Gasteiger partial charge in [-0.25, -0.2) is 0 Å². The Balaban J connectivity index is 1.64. The van der Waals surface area contributed by atoms with E-state index in [1.54, 1.807) is 7.11 Å². The van der Waals surface area contributed by atoms with Crippen molar-refractivity contribution in [3.8, 4) is 5.75 Å². The van der Waals surface area contributed by atoms with Crippen molar-refractivity contribution in [3.63, 3.8) is 0 Å². The lowest BCUT2D eigenvalue weighted by Gasteiger charge is -2.11. The molecule has 0 aliphatic carbocycles. The van der Waals surface area contributed by atoms with E-state index in [1.807, 2.05) is 66.7 Å². The average Bonchev–Trinajstić information content (AvgIpc) is 2.60. The third-order valence-electron chi connectivity index (χ3n) is 3.58. The Bertz CT molecular complexity index is 830. The Morgan fingerprint density at radius 2 is 1.70 bits per heavy atom. The molecule has 3 rings (SSSR count). The van der Waals surface area contributed by atoms with E-state index in [4.69, 9.17) is 4.74 Å². The number of benzene rings is 3. The molecule has 0 bridgehead atoms. The normalized spacial score (nSPS) is 10.3. The Labute approximate surface area is 135 Å². The van der Waals surface area contributed by atoms with Gasteiger partial charge in [-0.15, -0.1) is 0 Å². The lowest BCUT2D eigenvalue weighted by molar-refractivity contribution is -0.114. The molecule has 3 aromatic rings. The van der Waals surface area contributed by atoms with Crippen molar-refractivity contribution >= 4 is 28.1 Å². The van der Waals surface area contributed by atoms with E-state index in [2.05, 4.69) is 10.6 Å². The molecule has 0 atom stereocenters. The van der Waals surface area contributed by atoms with Gasteiger partial charge in [0.25, 0.3) is 0 Å². The van der Waals surface area contributed by atoms with Crippen molar-refractivity contribution in [2.24, 2.45) is 0 Å². The van der Waals surface area contributed by atoms with Gasteiger partial charge in [-0.3, -0.25) is 4.79 Å². The fraction of sp³-hybridized carbons (Fsp3) is 0.105. The van der Waals surface area contributed by atoms with E-state index in [0.29, 0.717) is 5.75 Å². The number of carbonyl (C=O) groups is 1. The van der Waals surface area contributed by atoms with Gasteiger partial charge in [-0.1, -0.05) is 42.5 Å². The first-order valence-electron chi connectivity index (χ1n) is 7.42. The van der Waals surface area contributed by atoms with Crippen LogP contribution in [0.1, 0.15) is 0 Å². The fourth-order valence-corrected chi connectivity index (χ4v) is 2.44. The first kappa shape index (κ1) is 14.9. The molecule has 2 N–H and O–H groups in total. The SMILES string of the molecule is COc1ccccc1NCC(=O)Nc1ccc2ccccc2c1. The molecular weight excluding hydrogens is 288 g/mol. The highest BCUT2D eigenvalue weighted by molar-refractivity contribution is 5.96. The Morgan fingerprint density at radius 3 is 2.52 bits per heavy atom. The summed E-state index contributed by atoms with van der Waals surface area (Å²) in [7, 11) is 1.61. The van der Waals surface area contributed by atoms with Gasteiger partial charge >= 0.3 is 0 Å². The number of para-hydroxylation sites is 2. The minimum Gasteiger partial charge on any atom is -0.495 e. The van der Waals surface area contributed by atoms with Crippen LogP contribution < -0.4 is 15.4 Å². The number of nitrogens with one attached hydrogen (secondary N) is 2. The van der Waals surface area contributed by atoms with E-state index >= 15 is 0 Å². The van der Waals surface area contributed by atoms with Gasteiger partial charge in [0.05, 0.1) is 19.3 Å². The predicted octanol–water partition coefficient (Wildman–Crippen LogP) is 3.90. The van der Waals surface area contributed by atoms with E-state index in [-0.39, 0.29) is 12.5 Å². The molecule has 4 nitrogen and oxygen atoms in total. The Kier molecular flexibility index (Phi) is 4.43. The summed E-state index contributed by atoms with van der Waals surface area (Å²) in [5.74, 6) is 0.609. The fourth-order valence-electron chi connectivity index (χ4n) is 2.44. The number of rotatable bonds is 5. The molecule has 116 valence electrons. The summed E-state index contributed by atoms with van der Waals surface area (Å²) in [5, 5.41) is 8.23. The van der Waals surface area contributed by atoms with Crippen molar-refractivity contribution in [1.82, 2.24) is 0 Å². The molecule has 0 aliphatic rings. The van der Waals surface area contributed by atoms with Crippen LogP contribution in [0, 0.1) is 0 Å². The van der Waals surface area contributed by atoms with Gasteiger partial charge in [0.2, 0.25) is 5.91 Å². The summed E-state index contributed by atoms with van der Waals surface area (Å²) in [6, 6.07) is 21.4. The topological polar surface area (TPSA) is 50.4 Å². The molecule has 23 heavy (non-hydrogen) atoms. The predicted molar refractivity (Wildman–Crippen MR) is 94.1 cm³/mol. The largest absolute Gasteiger partial charge is 0.495 e. The summed E-state index contributed by atoms with van der Waals surface area (Å²) in [6.45, 7) is 0.174. The maximum Gasteiger partial charge on any atom is 0.243 e. The van der Waals surface area contributed by atoms with Gasteiger partial charge in [0, 0.05) is 5.69 Å². The highest BCUT2D eigenvalue weighted by atomic mass is 16.5. The second-order valence-electron chi connectivity index (χ2n) is 5.16. The summed E-state index contributed by atoms with van der Waals surface area (Å²) in [6.07, 6.45) is 0. The van der Waals surface area contributed by atoms with Gasteiger partial charge in [0.1, 0.15) is 5.75 Å². The standard InChI is InChI=1S/C19H18N2O2/c1-23-18-9-5-4-8-17(18)20-13-19(22)21-16-11-10-14-6-2-3-7-15(14)12-16/h2-12,20H,13H2,1H3,(H,21,22). The number of ether oxygens (including phenoxy) is 1. The summed E-state index contributed by atoms with van der Waals surface area (Å²) in [4.78, 5) is 12.1. The van der Waals surface area contributed by atoms with E-state index in [9.17, 15) is 4.79 Å². The molecule has 0 radical (unpaired) electrons. The molecule has 0 fully saturated rings. The number of hydrogen-bond donors (Lipinski definition) is 2. The lowest BCUT2D eigenvalue weighted by atomic mass is 10.1. The van der Waals surface area contributed by atoms with Crippen LogP contribution in [-0.4, -0.2) is 19.6 Å². The van der Waals surface area contributed by atoms with Crippen molar-refractivity contribution < 1.29 is 9.53 Å². The van der Waals surface area contributed by atoms with Crippen molar-refractivity contribution in [2.75, 3.05) is 24.3 Å². The summed E-state index contributed by atoms with van der Waals surface area (Å²) >= 11 is 0. The van der Waals surface area contributed by atoms with Crippen LogP contribution in [-0.2, 0) is 4.79 Å². The molecule has 0 aromatic heterocycles. The van der Waals surface area contributed by atoms with E-state index in [0.717, 1.165) is 22.1 Å². The zero-order valence-electron chi connectivity index (χ0n) is 12.9. The minimum atomic E-state index is -0.105. The van der Waals surface area contributed by atoms with Crippen LogP contribution in [0.25, 0.3) is 10.8 Å².